The van der Waals surface area contributed by atoms with Gasteiger partial charge in [0.2, 0.25) is 5.91 Å². The summed E-state index contributed by atoms with van der Waals surface area (Å²) in [5.41, 5.74) is 1.34. The molecule has 0 bridgehead atoms. The maximum Gasteiger partial charge on any atom is 0.255 e. The van der Waals surface area contributed by atoms with E-state index in [4.69, 9.17) is 4.42 Å². The second kappa shape index (κ2) is 6.41. The lowest BCUT2D eigenvalue weighted by atomic mass is 10.1. The Bertz CT molecular complexity index is 477. The molecule has 0 saturated carbocycles. The van der Waals surface area contributed by atoms with Gasteiger partial charge in [-0.25, -0.2) is 0 Å². The fraction of sp³-hybridized carbons (Fsp3) is 0.571. The van der Waals surface area contributed by atoms with E-state index in [1.165, 1.54) is 0 Å². The van der Waals surface area contributed by atoms with E-state index in [1.807, 2.05) is 20.8 Å². The normalized spacial score (nSPS) is 12.1. The molecule has 1 aromatic heterocycles. The monoisotopic (exact) mass is 266 g/mol. The first-order valence-corrected chi connectivity index (χ1v) is 6.53. The van der Waals surface area contributed by atoms with Crippen LogP contribution in [0.1, 0.15) is 47.7 Å². The lowest BCUT2D eigenvalue weighted by Crippen LogP contribution is -2.45. The van der Waals surface area contributed by atoms with Crippen molar-refractivity contribution in [3.63, 3.8) is 0 Å². The van der Waals surface area contributed by atoms with Crippen molar-refractivity contribution < 1.29 is 14.0 Å². The van der Waals surface area contributed by atoms with Crippen LogP contribution in [0, 0.1) is 20.8 Å². The number of hydrogen-bond acceptors (Lipinski definition) is 3. The standard InChI is InChI=1S/C14H22N2O3/c1-6-7-15-13(17)9(3)16-14(18)12-8(2)10(4)19-11(12)5/h9H,6-7H2,1-5H3,(H,15,17)(H,16,18)/t9-/m1/s1. The summed E-state index contributed by atoms with van der Waals surface area (Å²) < 4.78 is 5.41. The van der Waals surface area contributed by atoms with E-state index in [0.29, 0.717) is 17.9 Å². The fourth-order valence-electron chi connectivity index (χ4n) is 1.86. The summed E-state index contributed by atoms with van der Waals surface area (Å²) >= 11 is 0. The van der Waals surface area contributed by atoms with Gasteiger partial charge in [0.1, 0.15) is 17.6 Å². The van der Waals surface area contributed by atoms with Gasteiger partial charge in [-0.15, -0.1) is 0 Å². The third-order valence-electron chi connectivity index (χ3n) is 3.08. The molecule has 0 spiro atoms. The predicted molar refractivity (Wildman–Crippen MR) is 73.1 cm³/mol. The molecule has 0 unspecified atom stereocenters. The smallest absolute Gasteiger partial charge is 0.255 e. The lowest BCUT2D eigenvalue weighted by Gasteiger charge is -2.13. The number of carbonyl (C=O) groups excluding carboxylic acids is 2. The molecule has 1 aromatic rings. The molecule has 0 aliphatic carbocycles. The molecule has 1 rings (SSSR count). The van der Waals surface area contributed by atoms with Crippen LogP contribution >= 0.6 is 0 Å². The molecule has 5 heteroatoms. The van der Waals surface area contributed by atoms with E-state index in [1.54, 1.807) is 13.8 Å². The van der Waals surface area contributed by atoms with E-state index in [9.17, 15) is 9.59 Å². The highest BCUT2D eigenvalue weighted by Crippen LogP contribution is 2.20. The zero-order valence-electron chi connectivity index (χ0n) is 12.2. The summed E-state index contributed by atoms with van der Waals surface area (Å²) in [6.07, 6.45) is 0.867. The Morgan fingerprint density at radius 3 is 2.32 bits per heavy atom. The van der Waals surface area contributed by atoms with Gasteiger partial charge in [-0.1, -0.05) is 6.92 Å². The second-order valence-electron chi connectivity index (χ2n) is 4.70. The van der Waals surface area contributed by atoms with Gasteiger partial charge in [-0.3, -0.25) is 9.59 Å². The van der Waals surface area contributed by atoms with E-state index in [2.05, 4.69) is 10.6 Å². The van der Waals surface area contributed by atoms with E-state index in [0.717, 1.165) is 17.7 Å². The van der Waals surface area contributed by atoms with Crippen molar-refractivity contribution in [2.45, 2.75) is 47.1 Å². The van der Waals surface area contributed by atoms with E-state index >= 15 is 0 Å². The number of rotatable bonds is 5. The minimum atomic E-state index is -0.562. The number of amides is 2. The molecule has 0 aliphatic heterocycles. The maximum atomic E-state index is 12.1. The van der Waals surface area contributed by atoms with Crippen molar-refractivity contribution in [2.24, 2.45) is 0 Å². The Balaban J connectivity index is 2.72. The number of nitrogens with one attached hydrogen (secondary N) is 2. The summed E-state index contributed by atoms with van der Waals surface area (Å²) in [6, 6.07) is -0.562. The molecule has 0 fully saturated rings. The van der Waals surface area contributed by atoms with Gasteiger partial charge in [-0.2, -0.15) is 0 Å². The van der Waals surface area contributed by atoms with Crippen molar-refractivity contribution in [1.82, 2.24) is 10.6 Å². The molecule has 2 N–H and O–H groups in total. The van der Waals surface area contributed by atoms with Crippen LogP contribution in [0.4, 0.5) is 0 Å². The highest BCUT2D eigenvalue weighted by molar-refractivity contribution is 5.99. The first-order chi connectivity index (χ1) is 8.88. The van der Waals surface area contributed by atoms with Gasteiger partial charge in [-0.05, 0) is 34.1 Å². The van der Waals surface area contributed by atoms with Crippen molar-refractivity contribution >= 4 is 11.8 Å². The van der Waals surface area contributed by atoms with Crippen LogP contribution in [-0.4, -0.2) is 24.4 Å². The van der Waals surface area contributed by atoms with Crippen molar-refractivity contribution in [3.8, 4) is 0 Å². The van der Waals surface area contributed by atoms with Crippen molar-refractivity contribution in [1.29, 1.82) is 0 Å². The van der Waals surface area contributed by atoms with Gasteiger partial charge in [0.25, 0.3) is 5.91 Å². The van der Waals surface area contributed by atoms with Crippen LogP contribution in [0.15, 0.2) is 4.42 Å². The third kappa shape index (κ3) is 3.59. The van der Waals surface area contributed by atoms with Crippen LogP contribution in [0.3, 0.4) is 0 Å². The van der Waals surface area contributed by atoms with Crippen LogP contribution in [0.25, 0.3) is 0 Å². The molecule has 0 radical (unpaired) electrons. The van der Waals surface area contributed by atoms with E-state index in [-0.39, 0.29) is 11.8 Å². The summed E-state index contributed by atoms with van der Waals surface area (Å²) in [4.78, 5) is 23.8. The van der Waals surface area contributed by atoms with Crippen molar-refractivity contribution in [2.75, 3.05) is 6.54 Å². The lowest BCUT2D eigenvalue weighted by molar-refractivity contribution is -0.122. The van der Waals surface area contributed by atoms with Gasteiger partial charge < -0.3 is 15.1 Å². The Kier molecular flexibility index (Phi) is 5.15. The minimum absolute atomic E-state index is 0.175. The van der Waals surface area contributed by atoms with Gasteiger partial charge in [0, 0.05) is 12.1 Å². The van der Waals surface area contributed by atoms with Crippen LogP contribution in [0.2, 0.25) is 0 Å². The van der Waals surface area contributed by atoms with Gasteiger partial charge in [0.15, 0.2) is 0 Å². The Hall–Kier alpha value is -1.78. The Morgan fingerprint density at radius 2 is 1.84 bits per heavy atom. The number of hydrogen-bond donors (Lipinski definition) is 2. The van der Waals surface area contributed by atoms with Gasteiger partial charge in [0.05, 0.1) is 5.56 Å². The molecule has 0 saturated heterocycles. The van der Waals surface area contributed by atoms with Crippen molar-refractivity contribution in [3.05, 3.63) is 22.6 Å². The first-order valence-electron chi connectivity index (χ1n) is 6.53. The number of furan rings is 1. The molecule has 106 valence electrons. The summed E-state index contributed by atoms with van der Waals surface area (Å²) in [5, 5.41) is 5.44. The summed E-state index contributed by atoms with van der Waals surface area (Å²) in [7, 11) is 0. The highest BCUT2D eigenvalue weighted by atomic mass is 16.3. The van der Waals surface area contributed by atoms with E-state index < -0.39 is 6.04 Å². The second-order valence-corrected chi connectivity index (χ2v) is 4.70. The molecular weight excluding hydrogens is 244 g/mol. The number of aryl methyl sites for hydroxylation is 2. The average molecular weight is 266 g/mol. The third-order valence-corrected chi connectivity index (χ3v) is 3.08. The number of carbonyl (C=O) groups is 2. The fourth-order valence-corrected chi connectivity index (χ4v) is 1.86. The topological polar surface area (TPSA) is 71.3 Å². The molecule has 2 amide bonds. The molecule has 19 heavy (non-hydrogen) atoms. The molecule has 0 aromatic carbocycles. The predicted octanol–water partition coefficient (Wildman–Crippen LogP) is 1.85. The molecule has 1 heterocycles. The zero-order valence-corrected chi connectivity index (χ0v) is 12.2. The zero-order chi connectivity index (χ0) is 14.6. The van der Waals surface area contributed by atoms with Gasteiger partial charge >= 0.3 is 0 Å². The summed E-state index contributed by atoms with van der Waals surface area (Å²) in [5.74, 6) is 0.858. The minimum Gasteiger partial charge on any atom is -0.466 e. The average Bonchev–Trinajstić information content (AvgIpc) is 2.60. The quantitative estimate of drug-likeness (QED) is 0.854. The van der Waals surface area contributed by atoms with Crippen LogP contribution < -0.4 is 10.6 Å². The molecular formula is C14H22N2O3. The van der Waals surface area contributed by atoms with Crippen LogP contribution in [-0.2, 0) is 4.79 Å². The molecule has 5 nitrogen and oxygen atoms in total. The summed E-state index contributed by atoms with van der Waals surface area (Å²) in [6.45, 7) is 9.66. The largest absolute Gasteiger partial charge is 0.466 e. The Labute approximate surface area is 113 Å². The molecule has 1 atom stereocenters. The Morgan fingerprint density at radius 1 is 1.21 bits per heavy atom. The molecule has 0 aliphatic rings. The highest BCUT2D eigenvalue weighted by Gasteiger charge is 2.22. The SMILES string of the molecule is CCCNC(=O)[C@@H](C)NC(=O)c1c(C)oc(C)c1C. The van der Waals surface area contributed by atoms with Crippen LogP contribution in [0.5, 0.6) is 0 Å². The maximum absolute atomic E-state index is 12.1. The first kappa shape index (κ1) is 15.3.